The monoisotopic (exact) mass is 495 g/mol. The van der Waals surface area contributed by atoms with Crippen molar-refractivity contribution in [2.24, 2.45) is 0 Å². The van der Waals surface area contributed by atoms with E-state index in [-0.39, 0.29) is 46.4 Å². The fraction of sp³-hybridized carbons (Fsp3) is 0.136. The smallest absolute Gasteiger partial charge is 0.338 e. The molecule has 3 aromatic rings. The third-order valence-corrected chi connectivity index (χ3v) is 6.43. The van der Waals surface area contributed by atoms with E-state index in [1.165, 1.54) is 37.4 Å². The minimum Gasteiger partial charge on any atom is -0.494 e. The van der Waals surface area contributed by atoms with Crippen molar-refractivity contribution in [1.82, 2.24) is 0 Å². The van der Waals surface area contributed by atoms with Crippen LogP contribution in [-0.4, -0.2) is 34.7 Å². The van der Waals surface area contributed by atoms with Gasteiger partial charge in [-0.15, -0.1) is 0 Å². The summed E-state index contributed by atoms with van der Waals surface area (Å²) in [5.74, 6) is -2.33. The van der Waals surface area contributed by atoms with Crippen molar-refractivity contribution in [2.45, 2.75) is 4.90 Å². The highest BCUT2D eigenvalue weighted by molar-refractivity contribution is 7.92. The number of anilines is 1. The van der Waals surface area contributed by atoms with Crippen molar-refractivity contribution in [3.8, 4) is 22.6 Å². The van der Waals surface area contributed by atoms with Gasteiger partial charge in [0, 0.05) is 5.56 Å². The number of rotatable bonds is 1. The van der Waals surface area contributed by atoms with Gasteiger partial charge < -0.3 is 14.2 Å². The number of nitrogens with one attached hydrogen (secondary N) is 1. The van der Waals surface area contributed by atoms with Gasteiger partial charge in [-0.3, -0.25) is 4.72 Å². The molecule has 33 heavy (non-hydrogen) atoms. The highest BCUT2D eigenvalue weighted by atomic mass is 35.5. The molecule has 1 aliphatic rings. The summed E-state index contributed by atoms with van der Waals surface area (Å²) >= 11 is 6.13. The van der Waals surface area contributed by atoms with Crippen LogP contribution in [-0.2, 0) is 14.8 Å². The van der Waals surface area contributed by atoms with Crippen molar-refractivity contribution in [3.63, 3.8) is 0 Å². The van der Waals surface area contributed by atoms with Crippen LogP contribution in [0.3, 0.4) is 0 Å². The number of cyclic esters (lactones) is 1. The van der Waals surface area contributed by atoms with Crippen LogP contribution >= 0.6 is 11.6 Å². The van der Waals surface area contributed by atoms with Gasteiger partial charge in [-0.2, -0.15) is 0 Å². The van der Waals surface area contributed by atoms with E-state index in [0.717, 1.165) is 18.2 Å². The molecule has 0 fully saturated rings. The van der Waals surface area contributed by atoms with E-state index in [1.54, 1.807) is 0 Å². The third kappa shape index (κ3) is 4.57. The predicted octanol–water partition coefficient (Wildman–Crippen LogP) is 4.64. The molecule has 0 saturated carbocycles. The van der Waals surface area contributed by atoms with Crippen molar-refractivity contribution in [2.75, 3.05) is 25.0 Å². The van der Waals surface area contributed by atoms with Crippen LogP contribution in [0.4, 0.5) is 14.5 Å². The lowest BCUT2D eigenvalue weighted by Crippen LogP contribution is -2.17. The summed E-state index contributed by atoms with van der Waals surface area (Å²) in [6, 6.07) is 9.50. The first kappa shape index (κ1) is 22.8. The number of esters is 1. The van der Waals surface area contributed by atoms with Gasteiger partial charge in [0.25, 0.3) is 10.0 Å². The average Bonchev–Trinajstić information content (AvgIpc) is 2.77. The molecule has 0 aliphatic carbocycles. The first-order valence-electron chi connectivity index (χ1n) is 9.49. The van der Waals surface area contributed by atoms with Gasteiger partial charge in [-0.25, -0.2) is 22.0 Å². The molecule has 3 aromatic carbocycles. The van der Waals surface area contributed by atoms with E-state index < -0.39 is 38.2 Å². The van der Waals surface area contributed by atoms with Crippen LogP contribution in [0.15, 0.2) is 53.4 Å². The summed E-state index contributed by atoms with van der Waals surface area (Å²) in [5, 5.41) is -0.162. The lowest BCUT2D eigenvalue weighted by Gasteiger charge is -2.15. The Morgan fingerprint density at radius 2 is 1.76 bits per heavy atom. The van der Waals surface area contributed by atoms with Gasteiger partial charge in [0.1, 0.15) is 35.5 Å². The Morgan fingerprint density at radius 3 is 2.52 bits per heavy atom. The molecule has 11 heteroatoms. The van der Waals surface area contributed by atoms with E-state index in [4.69, 9.17) is 25.8 Å². The Bertz CT molecular complexity index is 1360. The van der Waals surface area contributed by atoms with E-state index in [2.05, 4.69) is 4.72 Å². The number of ether oxygens (including phenoxy) is 3. The first-order chi connectivity index (χ1) is 15.7. The summed E-state index contributed by atoms with van der Waals surface area (Å²) in [7, 11) is -3.29. The third-order valence-electron chi connectivity index (χ3n) is 4.78. The molecule has 0 spiro atoms. The number of hydrogen-bond donors (Lipinski definition) is 1. The molecule has 1 N–H and O–H groups in total. The number of sulfonamides is 1. The molecule has 7 nitrogen and oxygen atoms in total. The van der Waals surface area contributed by atoms with Gasteiger partial charge in [0.05, 0.1) is 23.4 Å². The minimum absolute atomic E-state index is 0.0777. The molecule has 0 atom stereocenters. The van der Waals surface area contributed by atoms with Crippen LogP contribution < -0.4 is 14.2 Å². The molecule has 0 aromatic heterocycles. The van der Waals surface area contributed by atoms with E-state index in [0.29, 0.717) is 0 Å². The normalized spacial score (nSPS) is 15.1. The fourth-order valence-corrected chi connectivity index (χ4v) is 4.91. The summed E-state index contributed by atoms with van der Waals surface area (Å²) < 4.78 is 72.8. The van der Waals surface area contributed by atoms with Gasteiger partial charge in [-0.1, -0.05) is 17.7 Å². The molecule has 4 rings (SSSR count). The maximum absolute atomic E-state index is 14.6. The second-order valence-corrected chi connectivity index (χ2v) is 8.97. The second kappa shape index (κ2) is 8.87. The zero-order valence-electron chi connectivity index (χ0n) is 17.0. The molecule has 0 unspecified atom stereocenters. The summed E-state index contributed by atoms with van der Waals surface area (Å²) in [4.78, 5) is 12.0. The molecule has 4 bridgehead atoms. The van der Waals surface area contributed by atoms with Gasteiger partial charge >= 0.3 is 5.97 Å². The number of carbonyl (C=O) groups is 1. The zero-order valence-corrected chi connectivity index (χ0v) is 18.6. The lowest BCUT2D eigenvalue weighted by molar-refractivity contribution is 0.0450. The molecular formula is C22H16ClF2NO6S. The molecule has 172 valence electrons. The standard InChI is InChI=1S/C22H16ClF2NO6S/c1-30-21-16(23)8-13-10-20(21)33(28,29)26-18-9-12(2-4-17(18)25)15-11-14(24)3-5-19(15)31-6-7-32-22(13)27/h2-5,8-11,26H,6-7H2,1H3. The summed E-state index contributed by atoms with van der Waals surface area (Å²) in [6.45, 7) is -0.264. The number of benzene rings is 3. The van der Waals surface area contributed by atoms with Crippen molar-refractivity contribution < 1.29 is 36.2 Å². The van der Waals surface area contributed by atoms with Crippen LogP contribution in [0.5, 0.6) is 11.5 Å². The number of methoxy groups -OCH3 is 1. The number of fused-ring (bicyclic) bond motifs is 6. The van der Waals surface area contributed by atoms with E-state index in [1.807, 2.05) is 0 Å². The van der Waals surface area contributed by atoms with Gasteiger partial charge in [0.2, 0.25) is 0 Å². The Morgan fingerprint density at radius 1 is 1.00 bits per heavy atom. The fourth-order valence-electron chi connectivity index (χ4n) is 3.28. The van der Waals surface area contributed by atoms with Crippen LogP contribution in [0, 0.1) is 11.6 Å². The number of carbonyl (C=O) groups excluding carboxylic acids is 1. The molecule has 1 heterocycles. The van der Waals surface area contributed by atoms with Gasteiger partial charge in [0.15, 0.2) is 5.75 Å². The molecule has 0 saturated heterocycles. The lowest BCUT2D eigenvalue weighted by atomic mass is 10.0. The molecule has 1 aliphatic heterocycles. The highest BCUT2D eigenvalue weighted by Crippen LogP contribution is 2.37. The van der Waals surface area contributed by atoms with Crippen LogP contribution in [0.25, 0.3) is 11.1 Å². The Labute approximate surface area is 192 Å². The SMILES string of the molecule is COc1c(Cl)cc2cc1S(=O)(=O)Nc1cc(ccc1F)-c1cc(F)ccc1OCCOC2=O. The predicted molar refractivity (Wildman–Crippen MR) is 116 cm³/mol. The molecule has 0 radical (unpaired) electrons. The van der Waals surface area contributed by atoms with Crippen molar-refractivity contribution >= 4 is 33.3 Å². The van der Waals surface area contributed by atoms with Crippen molar-refractivity contribution in [1.29, 1.82) is 0 Å². The maximum atomic E-state index is 14.6. The summed E-state index contributed by atoms with van der Waals surface area (Å²) in [6.07, 6.45) is 0. The molecular weight excluding hydrogens is 480 g/mol. The minimum atomic E-state index is -4.49. The van der Waals surface area contributed by atoms with E-state index in [9.17, 15) is 22.0 Å². The van der Waals surface area contributed by atoms with E-state index >= 15 is 0 Å². The maximum Gasteiger partial charge on any atom is 0.338 e. The highest BCUT2D eigenvalue weighted by Gasteiger charge is 2.26. The Kier molecular flexibility index (Phi) is 6.13. The zero-order chi connectivity index (χ0) is 23.8. The number of halogens is 3. The van der Waals surface area contributed by atoms with Crippen molar-refractivity contribution in [3.05, 3.63) is 70.8 Å². The van der Waals surface area contributed by atoms with Gasteiger partial charge in [-0.05, 0) is 48.0 Å². The Hall–Kier alpha value is -3.37. The Balaban J connectivity index is 1.92. The summed E-state index contributed by atoms with van der Waals surface area (Å²) in [5.41, 5.74) is -0.0384. The van der Waals surface area contributed by atoms with Crippen LogP contribution in [0.2, 0.25) is 5.02 Å². The second-order valence-electron chi connectivity index (χ2n) is 6.91. The molecule has 0 amide bonds. The first-order valence-corrected chi connectivity index (χ1v) is 11.4. The quantitative estimate of drug-likeness (QED) is 0.494. The largest absolute Gasteiger partial charge is 0.494 e. The topological polar surface area (TPSA) is 90.9 Å². The average molecular weight is 496 g/mol. The van der Waals surface area contributed by atoms with Crippen LogP contribution in [0.1, 0.15) is 10.4 Å². The number of hydrogen-bond acceptors (Lipinski definition) is 6.